The van der Waals surface area contributed by atoms with Gasteiger partial charge in [-0.2, -0.15) is 0 Å². The number of amides is 1. The predicted molar refractivity (Wildman–Crippen MR) is 73.2 cm³/mol. The monoisotopic (exact) mass is 281 g/mol. The molecule has 1 fully saturated rings. The summed E-state index contributed by atoms with van der Waals surface area (Å²) in [7, 11) is 1.57. The Labute approximate surface area is 118 Å². The number of carbonyl (C=O) groups excluding carboxylic acids is 1. The summed E-state index contributed by atoms with van der Waals surface area (Å²) in [4.78, 5) is 14.2. The minimum absolute atomic E-state index is 0.00797. The Morgan fingerprint density at radius 3 is 2.85 bits per heavy atom. The number of methoxy groups -OCH3 is 1. The van der Waals surface area contributed by atoms with E-state index in [0.29, 0.717) is 19.1 Å². The number of rotatable bonds is 6. The van der Waals surface area contributed by atoms with Crippen molar-refractivity contribution < 1.29 is 19.0 Å². The van der Waals surface area contributed by atoms with Crippen LogP contribution in [0.3, 0.4) is 0 Å². The summed E-state index contributed by atoms with van der Waals surface area (Å²) in [6.45, 7) is 2.84. The average Bonchev–Trinajstić information content (AvgIpc) is 3.26. The summed E-state index contributed by atoms with van der Waals surface area (Å²) >= 11 is 0. The van der Waals surface area contributed by atoms with Crippen molar-refractivity contribution in [1.82, 2.24) is 4.90 Å². The number of ether oxygens (including phenoxy) is 1. The normalized spacial score (nSPS) is 15.9. The second-order valence-electron chi connectivity index (χ2n) is 5.23. The maximum Gasteiger partial charge on any atom is 0.258 e. The molecule has 110 valence electrons. The Balaban J connectivity index is 2.22. The topological polar surface area (TPSA) is 49.8 Å². The van der Waals surface area contributed by atoms with Crippen LogP contribution in [0.4, 0.5) is 4.39 Å². The van der Waals surface area contributed by atoms with E-state index in [1.54, 1.807) is 12.0 Å². The molecule has 5 heteroatoms. The molecule has 1 amide bonds. The fourth-order valence-corrected chi connectivity index (χ4v) is 2.35. The van der Waals surface area contributed by atoms with Gasteiger partial charge in [-0.15, -0.1) is 0 Å². The lowest BCUT2D eigenvalue weighted by Crippen LogP contribution is -2.42. The molecule has 0 radical (unpaired) electrons. The predicted octanol–water partition coefficient (Wildman–Crippen LogP) is 2.42. The second kappa shape index (κ2) is 6.22. The zero-order chi connectivity index (χ0) is 14.7. The maximum atomic E-state index is 13.3. The highest BCUT2D eigenvalue weighted by Gasteiger charge is 2.35. The number of halogens is 1. The van der Waals surface area contributed by atoms with E-state index in [9.17, 15) is 14.3 Å². The first-order valence-electron chi connectivity index (χ1n) is 6.83. The van der Waals surface area contributed by atoms with Gasteiger partial charge in [-0.3, -0.25) is 4.79 Å². The van der Waals surface area contributed by atoms with Crippen LogP contribution in [0.2, 0.25) is 0 Å². The van der Waals surface area contributed by atoms with Crippen molar-refractivity contribution in [3.8, 4) is 5.75 Å². The van der Waals surface area contributed by atoms with Crippen molar-refractivity contribution in [2.24, 2.45) is 5.92 Å². The van der Waals surface area contributed by atoms with Gasteiger partial charge in [0.05, 0.1) is 12.2 Å². The van der Waals surface area contributed by atoms with Crippen LogP contribution in [-0.4, -0.2) is 42.2 Å². The molecule has 20 heavy (non-hydrogen) atoms. The Kier molecular flexibility index (Phi) is 4.60. The third-order valence-corrected chi connectivity index (χ3v) is 3.78. The molecule has 1 aliphatic rings. The summed E-state index contributed by atoms with van der Waals surface area (Å²) in [5.74, 6) is -0.580. The number of carbonyl (C=O) groups is 1. The third kappa shape index (κ3) is 3.28. The zero-order valence-electron chi connectivity index (χ0n) is 11.8. The molecular formula is C15H20FNO3. The van der Waals surface area contributed by atoms with E-state index < -0.39 is 5.82 Å². The standard InChI is InChI=1S/C15H20FNO3/c1-10(11-3-4-11)17(7-8-20-2)15(19)13-9-12(16)5-6-14(13)18/h5-6,9-11,18H,3-4,7-8H2,1-2H3. The fraction of sp³-hybridized carbons (Fsp3) is 0.533. The fourth-order valence-electron chi connectivity index (χ4n) is 2.35. The molecular weight excluding hydrogens is 261 g/mol. The van der Waals surface area contributed by atoms with Gasteiger partial charge in [-0.05, 0) is 43.9 Å². The number of hydrogen-bond acceptors (Lipinski definition) is 3. The molecule has 4 nitrogen and oxygen atoms in total. The lowest BCUT2D eigenvalue weighted by Gasteiger charge is -2.29. The van der Waals surface area contributed by atoms with Gasteiger partial charge in [0.2, 0.25) is 0 Å². The maximum absolute atomic E-state index is 13.3. The van der Waals surface area contributed by atoms with E-state index in [1.807, 2.05) is 6.92 Å². The molecule has 1 aromatic carbocycles. The molecule has 1 unspecified atom stereocenters. The molecule has 1 aromatic rings. The number of nitrogens with zero attached hydrogens (tertiary/aromatic N) is 1. The van der Waals surface area contributed by atoms with Crippen molar-refractivity contribution in [3.05, 3.63) is 29.6 Å². The minimum atomic E-state index is -0.531. The van der Waals surface area contributed by atoms with Crippen LogP contribution in [0, 0.1) is 11.7 Å². The number of benzene rings is 1. The van der Waals surface area contributed by atoms with Crippen LogP contribution >= 0.6 is 0 Å². The van der Waals surface area contributed by atoms with Crippen molar-refractivity contribution in [2.45, 2.75) is 25.8 Å². The molecule has 0 aliphatic heterocycles. The summed E-state index contributed by atoms with van der Waals surface area (Å²) < 4.78 is 18.3. The highest BCUT2D eigenvalue weighted by molar-refractivity contribution is 5.97. The summed E-state index contributed by atoms with van der Waals surface area (Å²) in [6, 6.07) is 3.49. The van der Waals surface area contributed by atoms with Gasteiger partial charge in [-0.25, -0.2) is 4.39 Å². The van der Waals surface area contributed by atoms with Gasteiger partial charge in [0.15, 0.2) is 0 Å². The Morgan fingerprint density at radius 2 is 2.25 bits per heavy atom. The third-order valence-electron chi connectivity index (χ3n) is 3.78. The Hall–Kier alpha value is -1.62. The molecule has 0 aromatic heterocycles. The quantitative estimate of drug-likeness (QED) is 0.871. The van der Waals surface area contributed by atoms with Crippen LogP contribution in [0.25, 0.3) is 0 Å². The number of aromatic hydroxyl groups is 1. The van der Waals surface area contributed by atoms with Crippen LogP contribution < -0.4 is 0 Å². The van der Waals surface area contributed by atoms with E-state index >= 15 is 0 Å². The first-order chi connectivity index (χ1) is 9.54. The smallest absolute Gasteiger partial charge is 0.258 e. The second-order valence-corrected chi connectivity index (χ2v) is 5.23. The van der Waals surface area contributed by atoms with E-state index in [2.05, 4.69) is 0 Å². The molecule has 1 saturated carbocycles. The first-order valence-corrected chi connectivity index (χ1v) is 6.83. The van der Waals surface area contributed by atoms with Gasteiger partial charge < -0.3 is 14.7 Å². The van der Waals surface area contributed by atoms with Gasteiger partial charge in [-0.1, -0.05) is 0 Å². The molecule has 0 spiro atoms. The highest BCUT2D eigenvalue weighted by atomic mass is 19.1. The summed E-state index contributed by atoms with van der Waals surface area (Å²) in [6.07, 6.45) is 2.21. The molecule has 0 heterocycles. The molecule has 2 rings (SSSR count). The summed E-state index contributed by atoms with van der Waals surface area (Å²) in [5, 5.41) is 9.77. The Bertz CT molecular complexity index is 488. The molecule has 0 saturated heterocycles. The van der Waals surface area contributed by atoms with Crippen LogP contribution in [0.15, 0.2) is 18.2 Å². The van der Waals surface area contributed by atoms with Crippen LogP contribution in [-0.2, 0) is 4.74 Å². The van der Waals surface area contributed by atoms with E-state index in [1.165, 1.54) is 6.07 Å². The zero-order valence-corrected chi connectivity index (χ0v) is 11.8. The van der Waals surface area contributed by atoms with E-state index in [0.717, 1.165) is 25.0 Å². The van der Waals surface area contributed by atoms with Crippen LogP contribution in [0.5, 0.6) is 5.75 Å². The number of phenolic OH excluding ortho intramolecular Hbond substituents is 1. The van der Waals surface area contributed by atoms with Gasteiger partial charge in [0, 0.05) is 19.7 Å². The van der Waals surface area contributed by atoms with E-state index in [-0.39, 0.29) is 23.3 Å². The van der Waals surface area contributed by atoms with Gasteiger partial charge >= 0.3 is 0 Å². The van der Waals surface area contributed by atoms with Crippen molar-refractivity contribution in [2.75, 3.05) is 20.3 Å². The minimum Gasteiger partial charge on any atom is -0.507 e. The average molecular weight is 281 g/mol. The summed E-state index contributed by atoms with van der Waals surface area (Å²) in [5.41, 5.74) is 0.00797. The largest absolute Gasteiger partial charge is 0.507 e. The van der Waals surface area contributed by atoms with Gasteiger partial charge in [0.1, 0.15) is 11.6 Å². The van der Waals surface area contributed by atoms with E-state index in [4.69, 9.17) is 4.74 Å². The van der Waals surface area contributed by atoms with Crippen LogP contribution in [0.1, 0.15) is 30.1 Å². The number of hydrogen-bond donors (Lipinski definition) is 1. The van der Waals surface area contributed by atoms with Crippen molar-refractivity contribution in [1.29, 1.82) is 0 Å². The molecule has 0 bridgehead atoms. The highest BCUT2D eigenvalue weighted by Crippen LogP contribution is 2.36. The van der Waals surface area contributed by atoms with Crippen molar-refractivity contribution in [3.63, 3.8) is 0 Å². The molecule has 1 aliphatic carbocycles. The Morgan fingerprint density at radius 1 is 1.55 bits per heavy atom. The molecule has 1 atom stereocenters. The SMILES string of the molecule is COCCN(C(=O)c1cc(F)ccc1O)C(C)C1CC1. The number of phenols is 1. The van der Waals surface area contributed by atoms with Crippen molar-refractivity contribution >= 4 is 5.91 Å². The lowest BCUT2D eigenvalue weighted by atomic mass is 10.1. The molecule has 1 N–H and O–H groups in total. The first kappa shape index (κ1) is 14.8. The van der Waals surface area contributed by atoms with Gasteiger partial charge in [0.25, 0.3) is 5.91 Å². The lowest BCUT2D eigenvalue weighted by molar-refractivity contribution is 0.0591.